The van der Waals surface area contributed by atoms with Crippen molar-refractivity contribution in [3.8, 4) is 0 Å². The Labute approximate surface area is 213 Å². The lowest BCUT2D eigenvalue weighted by Gasteiger charge is -2.71. The summed E-state index contributed by atoms with van der Waals surface area (Å²) in [7, 11) is 0. The van der Waals surface area contributed by atoms with Gasteiger partial charge in [0.25, 0.3) is 0 Å². The first kappa shape index (κ1) is 26.4. The van der Waals surface area contributed by atoms with Gasteiger partial charge in [0, 0.05) is 0 Å². The molecular formula is C30H52O5. The zero-order valence-corrected chi connectivity index (χ0v) is 23.5. The predicted octanol–water partition coefficient (Wildman–Crippen LogP) is 4.68. The highest BCUT2D eigenvalue weighted by Gasteiger charge is 2.73. The summed E-state index contributed by atoms with van der Waals surface area (Å²) in [5.41, 5.74) is -1.83. The molecule has 0 radical (unpaired) electrons. The van der Waals surface area contributed by atoms with Gasteiger partial charge in [0.1, 0.15) is 0 Å². The fourth-order valence-electron chi connectivity index (χ4n) is 11.3. The average Bonchev–Trinajstić information content (AvgIpc) is 3.30. The molecule has 202 valence electrons. The minimum Gasteiger partial charge on any atom is -0.393 e. The summed E-state index contributed by atoms with van der Waals surface area (Å²) < 4.78 is 6.64. The summed E-state index contributed by atoms with van der Waals surface area (Å²) in [6.45, 7) is 17.3. The van der Waals surface area contributed by atoms with Gasteiger partial charge in [-0.2, -0.15) is 0 Å². The molecule has 5 nitrogen and oxygen atoms in total. The van der Waals surface area contributed by atoms with Crippen LogP contribution in [0.25, 0.3) is 0 Å². The zero-order valence-electron chi connectivity index (χ0n) is 23.5. The van der Waals surface area contributed by atoms with Crippen LogP contribution in [-0.4, -0.2) is 56.0 Å². The fraction of sp³-hybridized carbons (Fsp3) is 1.00. The second-order valence-corrected chi connectivity index (χ2v) is 15.6. The van der Waals surface area contributed by atoms with Gasteiger partial charge in [-0.1, -0.05) is 34.6 Å². The molecule has 5 fully saturated rings. The normalized spacial score (nSPS) is 57.9. The first-order chi connectivity index (χ1) is 15.9. The van der Waals surface area contributed by atoms with Crippen molar-refractivity contribution in [2.24, 2.45) is 45.3 Å². The number of rotatable bonds is 2. The number of fused-ring (bicyclic) bond motifs is 5. The summed E-state index contributed by atoms with van der Waals surface area (Å²) in [6.07, 6.45) is 5.61. The molecule has 5 rings (SSSR count). The SMILES string of the molecule is CC(C)(O)[C@@H]1CC[C@](C)([C@@H]2CC[C@]3(C)[C@@H]2[C@H](O)C[C@@H]2[C@@]4(C)CC[C@H](O)C(C)(C)[C@@H]4[C@@H](O)C[C@]23C)O1. The monoisotopic (exact) mass is 492 g/mol. The van der Waals surface area contributed by atoms with E-state index in [1.54, 1.807) is 0 Å². The van der Waals surface area contributed by atoms with Crippen molar-refractivity contribution in [2.75, 3.05) is 0 Å². The second kappa shape index (κ2) is 7.68. The fourth-order valence-corrected chi connectivity index (χ4v) is 11.3. The lowest BCUT2D eigenvalue weighted by molar-refractivity contribution is -0.275. The lowest BCUT2D eigenvalue weighted by Crippen LogP contribution is -2.69. The van der Waals surface area contributed by atoms with E-state index in [4.69, 9.17) is 4.74 Å². The van der Waals surface area contributed by atoms with Gasteiger partial charge in [0.15, 0.2) is 0 Å². The number of ether oxygens (including phenoxy) is 1. The van der Waals surface area contributed by atoms with Crippen molar-refractivity contribution in [1.29, 1.82) is 0 Å². The molecule has 0 amide bonds. The van der Waals surface area contributed by atoms with Crippen molar-refractivity contribution in [1.82, 2.24) is 0 Å². The molecule has 0 aromatic carbocycles. The van der Waals surface area contributed by atoms with E-state index in [0.29, 0.717) is 5.92 Å². The van der Waals surface area contributed by atoms with Gasteiger partial charge < -0.3 is 25.2 Å². The van der Waals surface area contributed by atoms with Crippen LogP contribution in [0.5, 0.6) is 0 Å². The van der Waals surface area contributed by atoms with Crippen molar-refractivity contribution < 1.29 is 25.2 Å². The Morgan fingerprint density at radius 2 is 1.46 bits per heavy atom. The smallest absolute Gasteiger partial charge is 0.0865 e. The van der Waals surface area contributed by atoms with E-state index in [-0.39, 0.29) is 51.1 Å². The molecule has 0 aromatic heterocycles. The van der Waals surface area contributed by atoms with Crippen molar-refractivity contribution in [2.45, 2.75) is 142 Å². The highest BCUT2D eigenvalue weighted by Crippen LogP contribution is 2.76. The van der Waals surface area contributed by atoms with Crippen molar-refractivity contribution in [3.63, 3.8) is 0 Å². The average molecular weight is 493 g/mol. The van der Waals surface area contributed by atoms with E-state index in [0.717, 1.165) is 51.4 Å². The molecule has 0 unspecified atom stereocenters. The van der Waals surface area contributed by atoms with E-state index >= 15 is 0 Å². The van der Waals surface area contributed by atoms with Crippen molar-refractivity contribution in [3.05, 3.63) is 0 Å². The standard InChI is InChI=1S/C30H52O5/c1-25(2)21(33)10-12-27(5)20-15-18(31)23-17(30(8)14-11-22(35-30)26(3,4)34)9-13-28(23,6)29(20,7)16-19(32)24(25)27/h17-24,31-34H,9-16H2,1-8H3/t17-,18-,19+,20-,21+,22+,23+,24+,27-,28-,29-,30-/m1/s1. The third-order valence-corrected chi connectivity index (χ3v) is 13.1. The summed E-state index contributed by atoms with van der Waals surface area (Å²) >= 11 is 0. The van der Waals surface area contributed by atoms with Gasteiger partial charge in [-0.05, 0) is 117 Å². The molecular weight excluding hydrogens is 440 g/mol. The number of aliphatic hydroxyl groups excluding tert-OH is 3. The first-order valence-electron chi connectivity index (χ1n) is 14.4. The molecule has 1 heterocycles. The second-order valence-electron chi connectivity index (χ2n) is 15.6. The Morgan fingerprint density at radius 3 is 2.06 bits per heavy atom. The van der Waals surface area contributed by atoms with Gasteiger partial charge >= 0.3 is 0 Å². The van der Waals surface area contributed by atoms with Crippen LogP contribution in [0.15, 0.2) is 0 Å². The molecule has 0 bridgehead atoms. The Bertz CT molecular complexity index is 850. The summed E-state index contributed by atoms with van der Waals surface area (Å²) in [4.78, 5) is 0. The van der Waals surface area contributed by atoms with Crippen LogP contribution in [0, 0.1) is 45.3 Å². The van der Waals surface area contributed by atoms with Gasteiger partial charge in [-0.25, -0.2) is 0 Å². The van der Waals surface area contributed by atoms with Crippen molar-refractivity contribution >= 4 is 0 Å². The van der Waals surface area contributed by atoms with E-state index < -0.39 is 23.9 Å². The van der Waals surface area contributed by atoms with Crippen LogP contribution in [0.2, 0.25) is 0 Å². The molecule has 5 heteroatoms. The number of aliphatic hydroxyl groups is 4. The van der Waals surface area contributed by atoms with Crippen LogP contribution in [-0.2, 0) is 4.74 Å². The largest absolute Gasteiger partial charge is 0.393 e. The summed E-state index contributed by atoms with van der Waals surface area (Å²) in [5.74, 6) is 0.722. The van der Waals surface area contributed by atoms with Gasteiger partial charge in [-0.3, -0.25) is 0 Å². The van der Waals surface area contributed by atoms with E-state index in [1.807, 2.05) is 13.8 Å². The minimum atomic E-state index is -0.864. The lowest BCUT2D eigenvalue weighted by atomic mass is 9.34. The summed E-state index contributed by atoms with van der Waals surface area (Å²) in [5, 5.41) is 45.2. The molecule has 4 N–H and O–H groups in total. The van der Waals surface area contributed by atoms with Crippen LogP contribution in [0.4, 0.5) is 0 Å². The zero-order chi connectivity index (χ0) is 26.0. The quantitative estimate of drug-likeness (QED) is 0.449. The van der Waals surface area contributed by atoms with Crippen LogP contribution < -0.4 is 0 Å². The van der Waals surface area contributed by atoms with E-state index in [1.165, 1.54) is 0 Å². The molecule has 4 aliphatic carbocycles. The molecule has 0 spiro atoms. The highest BCUT2D eigenvalue weighted by atomic mass is 16.5. The van der Waals surface area contributed by atoms with Gasteiger partial charge in [0.05, 0.1) is 35.6 Å². The molecule has 35 heavy (non-hydrogen) atoms. The first-order valence-corrected chi connectivity index (χ1v) is 14.4. The molecule has 0 aromatic rings. The molecule has 12 atom stereocenters. The maximum Gasteiger partial charge on any atom is 0.0865 e. The Kier molecular flexibility index (Phi) is 5.80. The van der Waals surface area contributed by atoms with E-state index in [2.05, 4.69) is 41.5 Å². The van der Waals surface area contributed by atoms with Gasteiger partial charge in [0.2, 0.25) is 0 Å². The maximum atomic E-state index is 11.9. The third kappa shape index (κ3) is 3.36. The van der Waals surface area contributed by atoms with Crippen LogP contribution in [0.3, 0.4) is 0 Å². The predicted molar refractivity (Wildman–Crippen MR) is 137 cm³/mol. The molecule has 1 saturated heterocycles. The molecule has 4 saturated carbocycles. The Hall–Kier alpha value is -0.200. The highest BCUT2D eigenvalue weighted by molar-refractivity contribution is 5.22. The van der Waals surface area contributed by atoms with Gasteiger partial charge in [-0.15, -0.1) is 0 Å². The number of hydrogen-bond donors (Lipinski definition) is 4. The van der Waals surface area contributed by atoms with E-state index in [9.17, 15) is 20.4 Å². The minimum absolute atomic E-state index is 0.0320. The Morgan fingerprint density at radius 1 is 0.800 bits per heavy atom. The summed E-state index contributed by atoms with van der Waals surface area (Å²) in [6, 6.07) is 0. The Balaban J connectivity index is 1.51. The molecule has 5 aliphatic rings. The van der Waals surface area contributed by atoms with Crippen LogP contribution in [0.1, 0.15) is 107 Å². The third-order valence-electron chi connectivity index (χ3n) is 13.1. The topological polar surface area (TPSA) is 90.2 Å². The van der Waals surface area contributed by atoms with Crippen LogP contribution >= 0.6 is 0 Å². The maximum absolute atomic E-state index is 11.9. The molecule has 1 aliphatic heterocycles. The number of hydrogen-bond acceptors (Lipinski definition) is 5.